The predicted octanol–water partition coefficient (Wildman–Crippen LogP) is 5.94. The van der Waals surface area contributed by atoms with E-state index < -0.39 is 18.7 Å². The molecule has 1 fully saturated rings. The lowest BCUT2D eigenvalue weighted by atomic mass is 9.71. The number of nitrogens with zero attached hydrogens (tertiary/aromatic N) is 2. The number of aliphatic carboxylic acids is 1. The molecule has 1 atom stereocenters. The van der Waals surface area contributed by atoms with Gasteiger partial charge in [-0.15, -0.1) is 23.1 Å². The number of methoxy groups -OCH3 is 1. The molecule has 0 bridgehead atoms. The maximum Gasteiger partial charge on any atom is 0.303 e. The molecule has 6 nitrogen and oxygen atoms in total. The van der Waals surface area contributed by atoms with E-state index in [0.717, 1.165) is 38.2 Å². The molecule has 1 saturated heterocycles. The van der Waals surface area contributed by atoms with Gasteiger partial charge in [-0.2, -0.15) is 0 Å². The zero-order chi connectivity index (χ0) is 25.5. The van der Waals surface area contributed by atoms with Gasteiger partial charge in [0.2, 0.25) is 0 Å². The van der Waals surface area contributed by atoms with Gasteiger partial charge in [-0.25, -0.2) is 4.39 Å². The van der Waals surface area contributed by atoms with Gasteiger partial charge in [-0.05, 0) is 79.4 Å². The number of benzene rings is 1. The molecule has 0 aliphatic carbocycles. The van der Waals surface area contributed by atoms with Crippen molar-refractivity contribution in [1.29, 1.82) is 0 Å². The summed E-state index contributed by atoms with van der Waals surface area (Å²) in [4.78, 5) is 18.5. The Kier molecular flexibility index (Phi) is 9.22. The normalized spacial score (nSPS) is 16.8. The molecule has 0 saturated carbocycles. The minimum absolute atomic E-state index is 0.0817. The molecule has 0 unspecified atom stereocenters. The molecule has 3 heterocycles. The van der Waals surface area contributed by atoms with Crippen LogP contribution in [-0.4, -0.2) is 58.6 Å². The third-order valence-corrected chi connectivity index (χ3v) is 9.33. The number of hydrogen-bond acceptors (Lipinski definition) is 7. The number of pyridine rings is 1. The molecule has 9 heteroatoms. The Labute approximate surface area is 219 Å². The molecule has 1 aromatic carbocycles. The smallest absolute Gasteiger partial charge is 0.303 e. The highest BCUT2D eigenvalue weighted by Crippen LogP contribution is 2.42. The number of carbonyl (C=O) groups is 1. The summed E-state index contributed by atoms with van der Waals surface area (Å²) in [5, 5.41) is 23.6. The first-order valence-electron chi connectivity index (χ1n) is 12.2. The van der Waals surface area contributed by atoms with E-state index in [9.17, 15) is 19.4 Å². The summed E-state index contributed by atoms with van der Waals surface area (Å²) in [6.07, 6.45) is 3.13. The van der Waals surface area contributed by atoms with E-state index in [2.05, 4.69) is 27.4 Å². The number of aromatic nitrogens is 1. The number of alkyl halides is 1. The number of carboxylic acids is 1. The SMILES string of the molecule is COc1ccc2ncc(CF)c([C@@H](O)CCC3(CC(=O)O)CCN(CCSc4cccs4)CC3)c2c1. The molecule has 36 heavy (non-hydrogen) atoms. The van der Waals surface area contributed by atoms with Crippen molar-refractivity contribution < 1.29 is 24.1 Å². The van der Waals surface area contributed by atoms with Crippen LogP contribution in [0.1, 0.15) is 49.3 Å². The van der Waals surface area contributed by atoms with Crippen molar-refractivity contribution in [3.05, 3.63) is 53.0 Å². The maximum absolute atomic E-state index is 13.9. The largest absolute Gasteiger partial charge is 0.497 e. The lowest BCUT2D eigenvalue weighted by molar-refractivity contribution is -0.141. The first-order valence-corrected chi connectivity index (χ1v) is 14.1. The van der Waals surface area contributed by atoms with Crippen molar-refractivity contribution in [2.45, 2.75) is 49.1 Å². The number of piperidine rings is 1. The Hall–Kier alpha value is -2.20. The molecule has 0 spiro atoms. The number of rotatable bonds is 12. The maximum atomic E-state index is 13.9. The molecule has 194 valence electrons. The van der Waals surface area contributed by atoms with Crippen LogP contribution in [0.25, 0.3) is 10.9 Å². The number of aliphatic hydroxyl groups excluding tert-OH is 1. The number of thioether (sulfide) groups is 1. The molecule has 0 amide bonds. The highest BCUT2D eigenvalue weighted by Gasteiger charge is 2.37. The van der Waals surface area contributed by atoms with E-state index >= 15 is 0 Å². The van der Waals surface area contributed by atoms with Crippen LogP contribution in [0.15, 0.2) is 46.1 Å². The average Bonchev–Trinajstić information content (AvgIpc) is 3.40. The Bertz CT molecular complexity index is 1140. The van der Waals surface area contributed by atoms with E-state index in [0.29, 0.717) is 40.6 Å². The summed E-state index contributed by atoms with van der Waals surface area (Å²) in [7, 11) is 1.56. The van der Waals surface area contributed by atoms with Crippen LogP contribution in [0.4, 0.5) is 4.39 Å². The minimum atomic E-state index is -0.917. The van der Waals surface area contributed by atoms with Crippen LogP contribution >= 0.6 is 23.1 Å². The number of fused-ring (bicyclic) bond motifs is 1. The third-order valence-electron chi connectivity index (χ3n) is 7.21. The lowest BCUT2D eigenvalue weighted by Gasteiger charge is -2.41. The number of hydrogen-bond donors (Lipinski definition) is 2. The van der Waals surface area contributed by atoms with Gasteiger partial charge in [0.05, 0.1) is 29.4 Å². The van der Waals surface area contributed by atoms with Crippen molar-refractivity contribution >= 4 is 40.0 Å². The lowest BCUT2D eigenvalue weighted by Crippen LogP contribution is -2.42. The number of ether oxygens (including phenoxy) is 1. The first kappa shape index (κ1) is 26.9. The molecule has 3 aromatic rings. The van der Waals surface area contributed by atoms with E-state index in [1.807, 2.05) is 11.8 Å². The fourth-order valence-corrected chi connectivity index (χ4v) is 7.02. The number of likely N-dealkylation sites (tertiary alicyclic amines) is 1. The van der Waals surface area contributed by atoms with Gasteiger partial charge in [0.15, 0.2) is 0 Å². The van der Waals surface area contributed by atoms with Crippen LogP contribution in [0.3, 0.4) is 0 Å². The topological polar surface area (TPSA) is 82.9 Å². The second-order valence-electron chi connectivity index (χ2n) is 9.46. The van der Waals surface area contributed by atoms with Crippen molar-refractivity contribution in [3.8, 4) is 5.75 Å². The zero-order valence-electron chi connectivity index (χ0n) is 20.5. The van der Waals surface area contributed by atoms with E-state index in [1.54, 1.807) is 36.6 Å². The second kappa shape index (κ2) is 12.4. The Morgan fingerprint density at radius 3 is 2.81 bits per heavy atom. The van der Waals surface area contributed by atoms with Gasteiger partial charge in [-0.3, -0.25) is 9.78 Å². The van der Waals surface area contributed by atoms with Crippen molar-refractivity contribution in [2.24, 2.45) is 5.41 Å². The van der Waals surface area contributed by atoms with E-state index in [1.165, 1.54) is 10.4 Å². The number of aliphatic hydroxyl groups is 1. The van der Waals surface area contributed by atoms with Crippen LogP contribution in [0, 0.1) is 5.41 Å². The van der Waals surface area contributed by atoms with Gasteiger partial charge in [0.25, 0.3) is 0 Å². The number of halogens is 1. The van der Waals surface area contributed by atoms with Crippen LogP contribution in [-0.2, 0) is 11.5 Å². The molecule has 1 aliphatic rings. The summed E-state index contributed by atoms with van der Waals surface area (Å²) in [6, 6.07) is 9.55. The molecule has 4 rings (SSSR count). The summed E-state index contributed by atoms with van der Waals surface area (Å²) in [5.74, 6) is 0.811. The summed E-state index contributed by atoms with van der Waals surface area (Å²) < 4.78 is 20.5. The summed E-state index contributed by atoms with van der Waals surface area (Å²) >= 11 is 3.60. The molecule has 2 aromatic heterocycles. The molecular weight excluding hydrogens is 499 g/mol. The first-order chi connectivity index (χ1) is 17.4. The summed E-state index contributed by atoms with van der Waals surface area (Å²) in [6.45, 7) is 1.93. The van der Waals surface area contributed by atoms with Gasteiger partial charge in [0.1, 0.15) is 12.4 Å². The highest BCUT2D eigenvalue weighted by molar-refractivity contribution is 8.01. The Balaban J connectivity index is 1.43. The molecular formula is C27H33FN2O4S2. The molecule has 0 radical (unpaired) electrons. The fraction of sp³-hybridized carbons (Fsp3) is 0.481. The van der Waals surface area contributed by atoms with Crippen molar-refractivity contribution in [1.82, 2.24) is 9.88 Å². The predicted molar refractivity (Wildman–Crippen MR) is 143 cm³/mol. The van der Waals surface area contributed by atoms with Crippen molar-refractivity contribution in [3.63, 3.8) is 0 Å². The fourth-order valence-electron chi connectivity index (χ4n) is 5.16. The quantitative estimate of drug-likeness (QED) is 0.280. The van der Waals surface area contributed by atoms with Crippen LogP contribution in [0.2, 0.25) is 0 Å². The van der Waals surface area contributed by atoms with Gasteiger partial charge < -0.3 is 19.8 Å². The van der Waals surface area contributed by atoms with Crippen LogP contribution in [0.5, 0.6) is 5.75 Å². The highest BCUT2D eigenvalue weighted by atomic mass is 32.2. The Morgan fingerprint density at radius 1 is 1.33 bits per heavy atom. The molecule has 2 N–H and O–H groups in total. The minimum Gasteiger partial charge on any atom is -0.497 e. The third kappa shape index (κ3) is 6.56. The monoisotopic (exact) mass is 532 g/mol. The van der Waals surface area contributed by atoms with Gasteiger partial charge in [-0.1, -0.05) is 6.07 Å². The summed E-state index contributed by atoms with van der Waals surface area (Å²) in [5.41, 5.74) is 1.17. The molecule has 1 aliphatic heterocycles. The zero-order valence-corrected chi connectivity index (χ0v) is 22.1. The number of thiophene rings is 1. The average molecular weight is 533 g/mol. The second-order valence-corrected chi connectivity index (χ2v) is 11.8. The number of carboxylic acid groups (broad SMARTS) is 1. The van der Waals surface area contributed by atoms with E-state index in [-0.39, 0.29) is 11.8 Å². The van der Waals surface area contributed by atoms with E-state index in [4.69, 9.17) is 4.74 Å². The van der Waals surface area contributed by atoms with Crippen molar-refractivity contribution in [2.75, 3.05) is 32.5 Å². The van der Waals surface area contributed by atoms with Crippen LogP contribution < -0.4 is 4.74 Å². The standard InChI is InChI=1S/C27H33FN2O4S2/c1-34-20-4-5-22-21(15-20)26(19(17-28)18-29-22)23(31)6-7-27(16-24(32)33)8-10-30(11-9-27)12-14-36-25-3-2-13-35-25/h2-5,13,15,18,23,31H,6-12,14,16-17H2,1H3,(H,32,33)/t23-/m0/s1. The van der Waals surface area contributed by atoms with Gasteiger partial charge in [0, 0.05) is 29.4 Å². The van der Waals surface area contributed by atoms with Gasteiger partial charge >= 0.3 is 5.97 Å². The Morgan fingerprint density at radius 2 is 2.14 bits per heavy atom.